The molecule has 0 aliphatic carbocycles. The van der Waals surface area contributed by atoms with Crippen molar-refractivity contribution >= 4 is 11.4 Å². The normalized spacial score (nSPS) is 12.8. The molecule has 12 heavy (non-hydrogen) atoms. The summed E-state index contributed by atoms with van der Waals surface area (Å²) in [4.78, 5) is 0. The Labute approximate surface area is 70.4 Å². The summed E-state index contributed by atoms with van der Waals surface area (Å²) in [5.74, 6) is -0.0308. The maximum atomic E-state index is 9.29. The van der Waals surface area contributed by atoms with E-state index in [1.807, 2.05) is 0 Å². The standard InChI is InChI=1S/C8H12N2O2/c1-4(11)5-2-6(9)7(10)3-8(5)12/h2-4,11-12H,9-10H2,1H3. The molecule has 1 unspecified atom stereocenters. The van der Waals surface area contributed by atoms with Crippen molar-refractivity contribution in [2.45, 2.75) is 13.0 Å². The molecule has 66 valence electrons. The highest BCUT2D eigenvalue weighted by atomic mass is 16.3. The molecular formula is C8H12N2O2. The molecule has 1 aromatic carbocycles. The molecule has 0 radical (unpaired) electrons. The van der Waals surface area contributed by atoms with E-state index in [2.05, 4.69) is 0 Å². The molecule has 4 heteroatoms. The summed E-state index contributed by atoms with van der Waals surface area (Å²) in [7, 11) is 0. The third-order valence-corrected chi connectivity index (χ3v) is 1.68. The Morgan fingerprint density at radius 2 is 1.75 bits per heavy atom. The van der Waals surface area contributed by atoms with E-state index >= 15 is 0 Å². The minimum Gasteiger partial charge on any atom is -0.507 e. The number of benzene rings is 1. The summed E-state index contributed by atoms with van der Waals surface area (Å²) in [5, 5.41) is 18.5. The lowest BCUT2D eigenvalue weighted by Crippen LogP contribution is -1.98. The summed E-state index contributed by atoms with van der Waals surface area (Å²) in [6.45, 7) is 1.55. The first kappa shape index (κ1) is 8.67. The molecule has 4 nitrogen and oxygen atoms in total. The second-order valence-corrected chi connectivity index (χ2v) is 2.72. The molecule has 0 aliphatic heterocycles. The molecule has 0 saturated carbocycles. The first-order valence-electron chi connectivity index (χ1n) is 3.58. The van der Waals surface area contributed by atoms with Crippen LogP contribution in [0, 0.1) is 0 Å². The number of phenols is 1. The van der Waals surface area contributed by atoms with Gasteiger partial charge >= 0.3 is 0 Å². The predicted octanol–water partition coefficient (Wildman–Crippen LogP) is 0.610. The van der Waals surface area contributed by atoms with Crippen molar-refractivity contribution in [3.05, 3.63) is 17.7 Å². The zero-order valence-electron chi connectivity index (χ0n) is 6.78. The van der Waals surface area contributed by atoms with Crippen LogP contribution in [0.2, 0.25) is 0 Å². The summed E-state index contributed by atoms with van der Waals surface area (Å²) in [6.07, 6.45) is -0.743. The van der Waals surface area contributed by atoms with Gasteiger partial charge in [0.05, 0.1) is 17.5 Å². The van der Waals surface area contributed by atoms with Crippen LogP contribution in [0.3, 0.4) is 0 Å². The van der Waals surface area contributed by atoms with Gasteiger partial charge in [-0.05, 0) is 13.0 Å². The number of rotatable bonds is 1. The number of aliphatic hydroxyl groups is 1. The average Bonchev–Trinajstić information content (AvgIpc) is 1.96. The Kier molecular flexibility index (Phi) is 2.10. The van der Waals surface area contributed by atoms with Gasteiger partial charge in [0, 0.05) is 11.6 Å². The molecule has 0 aromatic heterocycles. The zero-order chi connectivity index (χ0) is 9.30. The smallest absolute Gasteiger partial charge is 0.123 e. The summed E-state index contributed by atoms with van der Waals surface area (Å²) in [5.41, 5.74) is 12.0. The van der Waals surface area contributed by atoms with Gasteiger partial charge in [-0.1, -0.05) is 0 Å². The maximum Gasteiger partial charge on any atom is 0.123 e. The second-order valence-electron chi connectivity index (χ2n) is 2.72. The van der Waals surface area contributed by atoms with Gasteiger partial charge in [-0.15, -0.1) is 0 Å². The summed E-state index contributed by atoms with van der Waals surface area (Å²) in [6, 6.07) is 2.80. The first-order chi connectivity index (χ1) is 5.52. The fraction of sp³-hybridized carbons (Fsp3) is 0.250. The van der Waals surface area contributed by atoms with E-state index in [0.29, 0.717) is 16.9 Å². The lowest BCUT2D eigenvalue weighted by Gasteiger charge is -2.09. The first-order valence-corrected chi connectivity index (χ1v) is 3.58. The molecule has 0 heterocycles. The van der Waals surface area contributed by atoms with Crippen molar-refractivity contribution in [3.8, 4) is 5.75 Å². The van der Waals surface area contributed by atoms with Crippen molar-refractivity contribution in [2.24, 2.45) is 0 Å². The highest BCUT2D eigenvalue weighted by Gasteiger charge is 2.09. The SMILES string of the molecule is CC(O)c1cc(N)c(N)cc1O. The van der Waals surface area contributed by atoms with Gasteiger partial charge in [-0.3, -0.25) is 0 Å². The number of aliphatic hydroxyl groups excluding tert-OH is 1. The number of nitrogen functional groups attached to an aromatic ring is 2. The van der Waals surface area contributed by atoms with Crippen LogP contribution in [-0.4, -0.2) is 10.2 Å². The molecule has 6 N–H and O–H groups in total. The minimum absolute atomic E-state index is 0.0308. The van der Waals surface area contributed by atoms with Crippen LogP contribution in [-0.2, 0) is 0 Å². The van der Waals surface area contributed by atoms with Crippen molar-refractivity contribution in [2.75, 3.05) is 11.5 Å². The molecule has 0 bridgehead atoms. The van der Waals surface area contributed by atoms with Crippen LogP contribution in [0.25, 0.3) is 0 Å². The van der Waals surface area contributed by atoms with Gasteiger partial charge in [0.15, 0.2) is 0 Å². The molecule has 0 amide bonds. The van der Waals surface area contributed by atoms with Crippen LogP contribution in [0.1, 0.15) is 18.6 Å². The highest BCUT2D eigenvalue weighted by Crippen LogP contribution is 2.30. The maximum absolute atomic E-state index is 9.29. The van der Waals surface area contributed by atoms with Gasteiger partial charge < -0.3 is 21.7 Å². The van der Waals surface area contributed by atoms with Crippen molar-refractivity contribution in [1.82, 2.24) is 0 Å². The van der Waals surface area contributed by atoms with Crippen LogP contribution < -0.4 is 11.5 Å². The summed E-state index contributed by atoms with van der Waals surface area (Å²) < 4.78 is 0. The topological polar surface area (TPSA) is 92.5 Å². The fourth-order valence-electron chi connectivity index (χ4n) is 0.973. The van der Waals surface area contributed by atoms with E-state index in [0.717, 1.165) is 0 Å². The Morgan fingerprint density at radius 1 is 1.25 bits per heavy atom. The quantitative estimate of drug-likeness (QED) is 0.365. The average molecular weight is 168 g/mol. The van der Waals surface area contributed by atoms with Crippen molar-refractivity contribution in [1.29, 1.82) is 0 Å². The van der Waals surface area contributed by atoms with Gasteiger partial charge in [0.25, 0.3) is 0 Å². The summed E-state index contributed by atoms with van der Waals surface area (Å²) >= 11 is 0. The fourth-order valence-corrected chi connectivity index (χ4v) is 0.973. The lowest BCUT2D eigenvalue weighted by atomic mass is 10.1. The molecule has 1 rings (SSSR count). The van der Waals surface area contributed by atoms with E-state index < -0.39 is 6.10 Å². The number of anilines is 2. The van der Waals surface area contributed by atoms with E-state index in [-0.39, 0.29) is 5.75 Å². The van der Waals surface area contributed by atoms with Crippen molar-refractivity contribution in [3.63, 3.8) is 0 Å². The molecule has 1 aromatic rings. The van der Waals surface area contributed by atoms with Gasteiger partial charge in [-0.2, -0.15) is 0 Å². The molecule has 0 aliphatic rings. The number of nitrogens with two attached hydrogens (primary N) is 2. The van der Waals surface area contributed by atoms with Gasteiger partial charge in [0.2, 0.25) is 0 Å². The van der Waals surface area contributed by atoms with Crippen LogP contribution in [0.15, 0.2) is 12.1 Å². The number of hydrogen-bond donors (Lipinski definition) is 4. The van der Waals surface area contributed by atoms with Gasteiger partial charge in [0.1, 0.15) is 5.75 Å². The molecular weight excluding hydrogens is 156 g/mol. The van der Waals surface area contributed by atoms with Crippen LogP contribution in [0.4, 0.5) is 11.4 Å². The Bertz CT molecular complexity index is 297. The molecule has 1 atom stereocenters. The monoisotopic (exact) mass is 168 g/mol. The number of phenolic OH excluding ortho intramolecular Hbond substituents is 1. The van der Waals surface area contributed by atoms with E-state index in [1.165, 1.54) is 12.1 Å². The van der Waals surface area contributed by atoms with E-state index in [9.17, 15) is 5.11 Å². The third kappa shape index (κ3) is 1.43. The molecule has 0 spiro atoms. The second kappa shape index (κ2) is 2.91. The minimum atomic E-state index is -0.743. The van der Waals surface area contributed by atoms with E-state index in [4.69, 9.17) is 16.6 Å². The number of aromatic hydroxyl groups is 1. The Morgan fingerprint density at radius 3 is 2.25 bits per heavy atom. The van der Waals surface area contributed by atoms with Crippen LogP contribution in [0.5, 0.6) is 5.75 Å². The van der Waals surface area contributed by atoms with Crippen LogP contribution >= 0.6 is 0 Å². The highest BCUT2D eigenvalue weighted by molar-refractivity contribution is 5.67. The zero-order valence-corrected chi connectivity index (χ0v) is 6.78. The third-order valence-electron chi connectivity index (χ3n) is 1.68. The van der Waals surface area contributed by atoms with Crippen molar-refractivity contribution < 1.29 is 10.2 Å². The Balaban J connectivity index is 3.23. The number of hydrogen-bond acceptors (Lipinski definition) is 4. The largest absolute Gasteiger partial charge is 0.507 e. The predicted molar refractivity (Wildman–Crippen MR) is 47.6 cm³/mol. The lowest BCUT2D eigenvalue weighted by molar-refractivity contribution is 0.195. The van der Waals surface area contributed by atoms with Gasteiger partial charge in [-0.25, -0.2) is 0 Å². The van der Waals surface area contributed by atoms with E-state index in [1.54, 1.807) is 6.92 Å². The molecule has 0 fully saturated rings. The Hall–Kier alpha value is -1.42. The molecule has 0 saturated heterocycles.